The first-order valence-corrected chi connectivity index (χ1v) is 4.88. The van der Waals surface area contributed by atoms with Crippen molar-refractivity contribution in [2.45, 2.75) is 18.9 Å². The highest BCUT2D eigenvalue weighted by Gasteiger charge is 2.00. The van der Waals surface area contributed by atoms with Gasteiger partial charge in [-0.1, -0.05) is 13.0 Å². The summed E-state index contributed by atoms with van der Waals surface area (Å²) < 4.78 is 11.2. The molecule has 60 valence electrons. The first-order chi connectivity index (χ1) is 5.24. The van der Waals surface area contributed by atoms with Crippen molar-refractivity contribution in [2.24, 2.45) is 0 Å². The molecule has 1 aromatic rings. The highest BCUT2D eigenvalue weighted by Crippen LogP contribution is 2.03. The molecule has 0 aliphatic heterocycles. The van der Waals surface area contributed by atoms with Gasteiger partial charge in [0.15, 0.2) is 0 Å². The predicted molar refractivity (Wildman–Crippen MR) is 45.9 cm³/mol. The molecule has 11 heavy (non-hydrogen) atoms. The van der Waals surface area contributed by atoms with Crippen LogP contribution in [0.25, 0.3) is 0 Å². The van der Waals surface area contributed by atoms with E-state index in [-0.39, 0.29) is 0 Å². The highest BCUT2D eigenvalue weighted by atomic mass is 32.2. The summed E-state index contributed by atoms with van der Waals surface area (Å²) in [7, 11) is -0.912. The molecule has 0 bridgehead atoms. The monoisotopic (exact) mass is 169 g/mol. The number of nitrogens with zero attached hydrogens (tertiary/aromatic N) is 1. The van der Waals surface area contributed by atoms with Crippen molar-refractivity contribution in [3.63, 3.8) is 0 Å². The second-order valence-electron chi connectivity index (χ2n) is 2.25. The van der Waals surface area contributed by atoms with Crippen LogP contribution in [0.4, 0.5) is 0 Å². The van der Waals surface area contributed by atoms with Crippen LogP contribution in [-0.2, 0) is 10.8 Å². The third kappa shape index (κ3) is 2.12. The number of hydrogen-bond donors (Lipinski definition) is 0. The molecule has 1 aromatic heterocycles. The summed E-state index contributed by atoms with van der Waals surface area (Å²) in [6.07, 6.45) is 0. The molecule has 1 atom stereocenters. The van der Waals surface area contributed by atoms with Gasteiger partial charge in [-0.3, -0.25) is 4.21 Å². The van der Waals surface area contributed by atoms with E-state index in [9.17, 15) is 4.21 Å². The molecule has 0 radical (unpaired) electrons. The molecule has 2 nitrogen and oxygen atoms in total. The van der Waals surface area contributed by atoms with Gasteiger partial charge in [0.2, 0.25) is 0 Å². The average molecular weight is 169 g/mol. The molecule has 3 heteroatoms. The van der Waals surface area contributed by atoms with Crippen molar-refractivity contribution in [2.75, 3.05) is 5.75 Å². The van der Waals surface area contributed by atoms with E-state index >= 15 is 0 Å². The topological polar surface area (TPSA) is 30.0 Å². The van der Waals surface area contributed by atoms with Gasteiger partial charge in [-0.15, -0.1) is 0 Å². The van der Waals surface area contributed by atoms with Gasteiger partial charge in [-0.2, -0.15) is 0 Å². The molecule has 0 aliphatic carbocycles. The van der Waals surface area contributed by atoms with Crippen LogP contribution >= 0.6 is 0 Å². The Morgan fingerprint density at radius 3 is 2.82 bits per heavy atom. The van der Waals surface area contributed by atoms with Crippen LogP contribution in [0.1, 0.15) is 12.6 Å². The lowest BCUT2D eigenvalue weighted by molar-refractivity contribution is 0.680. The Morgan fingerprint density at radius 1 is 1.55 bits per heavy atom. The van der Waals surface area contributed by atoms with Gasteiger partial charge in [0, 0.05) is 11.4 Å². The van der Waals surface area contributed by atoms with Crippen molar-refractivity contribution >= 4 is 10.8 Å². The molecule has 0 saturated carbocycles. The van der Waals surface area contributed by atoms with Gasteiger partial charge in [-0.05, 0) is 19.1 Å². The van der Waals surface area contributed by atoms with E-state index in [1.54, 1.807) is 6.07 Å². The van der Waals surface area contributed by atoms with E-state index in [1.807, 2.05) is 26.0 Å². The Morgan fingerprint density at radius 2 is 2.27 bits per heavy atom. The summed E-state index contributed by atoms with van der Waals surface area (Å²) in [5, 5.41) is 0.688. The second-order valence-corrected chi connectivity index (χ2v) is 3.94. The summed E-state index contributed by atoms with van der Waals surface area (Å²) in [6.45, 7) is 3.79. The van der Waals surface area contributed by atoms with Crippen LogP contribution < -0.4 is 0 Å². The number of pyridine rings is 1. The molecule has 0 amide bonds. The van der Waals surface area contributed by atoms with Crippen LogP contribution in [0.15, 0.2) is 23.2 Å². The summed E-state index contributed by atoms with van der Waals surface area (Å²) in [4.78, 5) is 4.14. The Labute approximate surface area is 69.1 Å². The minimum Gasteiger partial charge on any atom is -0.253 e. The van der Waals surface area contributed by atoms with E-state index in [0.29, 0.717) is 10.8 Å². The average Bonchev–Trinajstić information content (AvgIpc) is 2.03. The molecule has 0 saturated heterocycles. The summed E-state index contributed by atoms with van der Waals surface area (Å²) in [5.41, 5.74) is 0.921. The minimum atomic E-state index is -0.912. The standard InChI is InChI=1S/C8H11NOS/c1-3-11(10)8-6-4-5-7(2)9-8/h4-6H,3H2,1-2H3. The molecule has 1 rings (SSSR count). The first-order valence-electron chi connectivity index (χ1n) is 3.56. The SMILES string of the molecule is CCS(=O)c1cccc(C)n1. The van der Waals surface area contributed by atoms with Crippen LogP contribution in [0.2, 0.25) is 0 Å². The highest BCUT2D eigenvalue weighted by molar-refractivity contribution is 7.84. The third-order valence-electron chi connectivity index (χ3n) is 1.36. The van der Waals surface area contributed by atoms with E-state index in [1.165, 1.54) is 0 Å². The Hall–Kier alpha value is -0.700. The smallest absolute Gasteiger partial charge is 0.127 e. The van der Waals surface area contributed by atoms with Gasteiger partial charge in [-0.25, -0.2) is 4.98 Å². The van der Waals surface area contributed by atoms with Gasteiger partial charge < -0.3 is 0 Å². The maximum absolute atomic E-state index is 11.2. The van der Waals surface area contributed by atoms with E-state index in [4.69, 9.17) is 0 Å². The Balaban J connectivity index is 2.96. The molecule has 1 heterocycles. The lowest BCUT2D eigenvalue weighted by Gasteiger charge is -1.97. The van der Waals surface area contributed by atoms with Crippen LogP contribution in [0, 0.1) is 6.92 Å². The maximum Gasteiger partial charge on any atom is 0.127 e. The van der Waals surface area contributed by atoms with Crippen LogP contribution in [0.3, 0.4) is 0 Å². The minimum absolute atomic E-state index is 0.635. The summed E-state index contributed by atoms with van der Waals surface area (Å²) in [5.74, 6) is 0.635. The zero-order valence-corrected chi connectivity index (χ0v) is 7.52. The molecule has 0 N–H and O–H groups in total. The number of hydrogen-bond acceptors (Lipinski definition) is 2. The van der Waals surface area contributed by atoms with E-state index < -0.39 is 10.8 Å². The molecule has 1 unspecified atom stereocenters. The summed E-state index contributed by atoms with van der Waals surface area (Å²) >= 11 is 0. The fourth-order valence-corrected chi connectivity index (χ4v) is 1.56. The zero-order chi connectivity index (χ0) is 8.27. The first kappa shape index (κ1) is 8.40. The molecular weight excluding hydrogens is 158 g/mol. The van der Waals surface area contributed by atoms with Crippen LogP contribution in [-0.4, -0.2) is 14.9 Å². The van der Waals surface area contributed by atoms with Crippen molar-refractivity contribution < 1.29 is 4.21 Å². The molecule has 0 aliphatic rings. The Kier molecular flexibility index (Phi) is 2.76. The molecular formula is C8H11NOS. The quantitative estimate of drug-likeness (QED) is 0.672. The van der Waals surface area contributed by atoms with Crippen molar-refractivity contribution in [3.05, 3.63) is 23.9 Å². The molecule has 0 aromatic carbocycles. The maximum atomic E-state index is 11.2. The van der Waals surface area contributed by atoms with Gasteiger partial charge >= 0.3 is 0 Å². The fourth-order valence-electron chi connectivity index (χ4n) is 0.793. The van der Waals surface area contributed by atoms with Crippen molar-refractivity contribution in [1.82, 2.24) is 4.98 Å². The lowest BCUT2D eigenvalue weighted by atomic mass is 10.4. The normalized spacial score (nSPS) is 12.9. The predicted octanol–water partition coefficient (Wildman–Crippen LogP) is 1.52. The second kappa shape index (κ2) is 3.62. The van der Waals surface area contributed by atoms with Gasteiger partial charge in [0.25, 0.3) is 0 Å². The van der Waals surface area contributed by atoms with Crippen LogP contribution in [0.5, 0.6) is 0 Å². The largest absolute Gasteiger partial charge is 0.253 e. The fraction of sp³-hybridized carbons (Fsp3) is 0.375. The van der Waals surface area contributed by atoms with Gasteiger partial charge in [0.05, 0.1) is 10.8 Å². The number of aryl methyl sites for hydroxylation is 1. The molecule has 0 fully saturated rings. The zero-order valence-electron chi connectivity index (χ0n) is 6.70. The van der Waals surface area contributed by atoms with Crippen molar-refractivity contribution in [3.8, 4) is 0 Å². The number of aromatic nitrogens is 1. The van der Waals surface area contributed by atoms with E-state index in [0.717, 1.165) is 5.69 Å². The molecule has 0 spiro atoms. The third-order valence-corrected chi connectivity index (χ3v) is 2.58. The van der Waals surface area contributed by atoms with Crippen molar-refractivity contribution in [1.29, 1.82) is 0 Å². The summed E-state index contributed by atoms with van der Waals surface area (Å²) in [6, 6.07) is 5.58. The lowest BCUT2D eigenvalue weighted by Crippen LogP contribution is -1.97. The van der Waals surface area contributed by atoms with Gasteiger partial charge in [0.1, 0.15) is 5.03 Å². The van der Waals surface area contributed by atoms with E-state index in [2.05, 4.69) is 4.98 Å². The number of rotatable bonds is 2. The Bertz CT molecular complexity index is 273.